The monoisotopic (exact) mass is 488 g/mol. The molecule has 1 saturated heterocycles. The Hall–Kier alpha value is -3.92. The molecule has 0 aliphatic carbocycles. The lowest BCUT2D eigenvalue weighted by Gasteiger charge is -2.35. The molecule has 0 unspecified atom stereocenters. The molecule has 0 aromatic heterocycles. The van der Waals surface area contributed by atoms with Gasteiger partial charge in [0.05, 0.1) is 5.56 Å². The third-order valence-electron chi connectivity index (χ3n) is 5.58. The molecule has 184 valence electrons. The molecule has 0 radical (unpaired) electrons. The average molecular weight is 488 g/mol. The first-order chi connectivity index (χ1) is 16.6. The highest BCUT2D eigenvalue weighted by Crippen LogP contribution is 2.32. The van der Waals surface area contributed by atoms with E-state index in [1.165, 1.54) is 12.1 Å². The predicted molar refractivity (Wildman–Crippen MR) is 122 cm³/mol. The largest absolute Gasteiger partial charge is 0.473 e. The van der Waals surface area contributed by atoms with Crippen molar-refractivity contribution in [3.63, 3.8) is 0 Å². The highest BCUT2D eigenvalue weighted by molar-refractivity contribution is 6.27. The number of amides is 1. The van der Waals surface area contributed by atoms with Crippen LogP contribution in [0.2, 0.25) is 0 Å². The lowest BCUT2D eigenvalue weighted by atomic mass is 10.0. The molecule has 2 N–H and O–H groups in total. The number of carboxylic acid groups (broad SMARTS) is 2. The van der Waals surface area contributed by atoms with Gasteiger partial charge in [-0.1, -0.05) is 54.6 Å². The van der Waals surface area contributed by atoms with Crippen LogP contribution in [0.5, 0.6) is 0 Å². The Morgan fingerprint density at radius 1 is 0.771 bits per heavy atom. The molecule has 0 atom stereocenters. The average Bonchev–Trinajstić information content (AvgIpc) is 2.84. The molecule has 1 aliphatic rings. The minimum absolute atomic E-state index is 0.0304. The number of piperazine rings is 1. The van der Waals surface area contributed by atoms with E-state index in [9.17, 15) is 18.0 Å². The van der Waals surface area contributed by atoms with E-state index < -0.39 is 23.7 Å². The molecule has 3 aromatic carbocycles. The predicted octanol–water partition coefficient (Wildman–Crippen LogP) is 3.97. The number of nitrogens with zero attached hydrogens (tertiary/aromatic N) is 2. The van der Waals surface area contributed by atoms with Crippen molar-refractivity contribution in [2.45, 2.75) is 12.7 Å². The number of fused-ring (bicyclic) bond motifs is 1. The smallest absolute Gasteiger partial charge is 0.416 e. The zero-order valence-corrected chi connectivity index (χ0v) is 18.5. The van der Waals surface area contributed by atoms with Gasteiger partial charge in [-0.25, -0.2) is 9.59 Å². The van der Waals surface area contributed by atoms with E-state index >= 15 is 0 Å². The van der Waals surface area contributed by atoms with Crippen LogP contribution in [0.25, 0.3) is 10.8 Å². The fourth-order valence-corrected chi connectivity index (χ4v) is 3.87. The Kier molecular flexibility index (Phi) is 8.08. The summed E-state index contributed by atoms with van der Waals surface area (Å²) in [6, 6.07) is 19.1. The van der Waals surface area contributed by atoms with Crippen LogP contribution in [0.15, 0.2) is 66.7 Å². The lowest BCUT2D eigenvalue weighted by molar-refractivity contribution is -0.159. The molecule has 7 nitrogen and oxygen atoms in total. The summed E-state index contributed by atoms with van der Waals surface area (Å²) in [6.45, 7) is 2.31. The van der Waals surface area contributed by atoms with E-state index in [1.807, 2.05) is 47.4 Å². The van der Waals surface area contributed by atoms with Crippen LogP contribution in [-0.4, -0.2) is 64.0 Å². The summed E-state index contributed by atoms with van der Waals surface area (Å²) in [5.74, 6) is -3.68. The highest BCUT2D eigenvalue weighted by Gasteiger charge is 2.33. The van der Waals surface area contributed by atoms with Gasteiger partial charge in [0.2, 0.25) is 0 Å². The van der Waals surface area contributed by atoms with Crippen molar-refractivity contribution in [1.29, 1.82) is 0 Å². The van der Waals surface area contributed by atoms with E-state index in [0.717, 1.165) is 16.8 Å². The minimum Gasteiger partial charge on any atom is -0.473 e. The standard InChI is InChI=1S/C23H21F3N2O.C2H2O4/c24-23(25,26)21-11-4-2-7-18(21)16-27-12-14-28(15-13-27)22(29)20-10-5-8-17-6-1-3-9-19(17)20;3-1(4)2(5)6/h1-11H,12-16H2;(H,3,4)(H,5,6). The molecule has 1 amide bonds. The van der Waals surface area contributed by atoms with Gasteiger partial charge in [-0.2, -0.15) is 13.2 Å². The van der Waals surface area contributed by atoms with E-state index in [2.05, 4.69) is 0 Å². The van der Waals surface area contributed by atoms with Gasteiger partial charge in [-0.05, 0) is 28.5 Å². The van der Waals surface area contributed by atoms with Gasteiger partial charge in [-0.15, -0.1) is 0 Å². The Morgan fingerprint density at radius 3 is 1.97 bits per heavy atom. The van der Waals surface area contributed by atoms with Crippen LogP contribution < -0.4 is 0 Å². The van der Waals surface area contributed by atoms with Gasteiger partial charge in [0.25, 0.3) is 5.91 Å². The fourth-order valence-electron chi connectivity index (χ4n) is 3.87. The van der Waals surface area contributed by atoms with Crippen molar-refractivity contribution in [1.82, 2.24) is 9.80 Å². The summed E-state index contributed by atoms with van der Waals surface area (Å²) < 4.78 is 39.6. The van der Waals surface area contributed by atoms with Crippen LogP contribution in [0.3, 0.4) is 0 Å². The zero-order chi connectivity index (χ0) is 25.6. The number of hydrogen-bond acceptors (Lipinski definition) is 4. The summed E-state index contributed by atoms with van der Waals surface area (Å²) in [6.07, 6.45) is -4.36. The Labute approximate surface area is 199 Å². The number of aliphatic carboxylic acids is 2. The molecule has 3 aromatic rings. The van der Waals surface area contributed by atoms with Gasteiger partial charge in [0.1, 0.15) is 0 Å². The summed E-state index contributed by atoms with van der Waals surface area (Å²) in [4.78, 5) is 35.0. The SMILES string of the molecule is O=C(O)C(=O)O.O=C(c1cccc2ccccc12)N1CCN(Cc2ccccc2C(F)(F)F)CC1. The molecule has 1 aliphatic heterocycles. The van der Waals surface area contributed by atoms with E-state index in [-0.39, 0.29) is 18.0 Å². The maximum atomic E-state index is 13.2. The van der Waals surface area contributed by atoms with E-state index in [4.69, 9.17) is 19.8 Å². The normalized spacial score (nSPS) is 14.2. The van der Waals surface area contributed by atoms with Gasteiger partial charge in [-0.3, -0.25) is 9.69 Å². The summed E-state index contributed by atoms with van der Waals surface area (Å²) in [5.41, 5.74) is 0.349. The van der Waals surface area contributed by atoms with Crippen molar-refractivity contribution in [3.8, 4) is 0 Å². The summed E-state index contributed by atoms with van der Waals surface area (Å²) in [7, 11) is 0. The molecular weight excluding hydrogens is 465 g/mol. The molecular formula is C25H23F3N2O5. The zero-order valence-electron chi connectivity index (χ0n) is 18.5. The second kappa shape index (κ2) is 11.0. The highest BCUT2D eigenvalue weighted by atomic mass is 19.4. The Bertz CT molecular complexity index is 1200. The Balaban J connectivity index is 0.000000509. The summed E-state index contributed by atoms with van der Waals surface area (Å²) in [5, 5.41) is 16.7. The van der Waals surface area contributed by atoms with Crippen LogP contribution in [-0.2, 0) is 22.3 Å². The molecule has 0 bridgehead atoms. The first-order valence-electron chi connectivity index (χ1n) is 10.7. The number of carbonyl (C=O) groups excluding carboxylic acids is 1. The maximum absolute atomic E-state index is 13.2. The first-order valence-corrected chi connectivity index (χ1v) is 10.7. The molecule has 1 fully saturated rings. The maximum Gasteiger partial charge on any atom is 0.416 e. The second-order valence-corrected chi connectivity index (χ2v) is 7.86. The van der Waals surface area contributed by atoms with Crippen LogP contribution in [0.1, 0.15) is 21.5 Å². The van der Waals surface area contributed by atoms with Crippen molar-refractivity contribution in [2.75, 3.05) is 26.2 Å². The van der Waals surface area contributed by atoms with Crippen molar-refractivity contribution in [2.24, 2.45) is 0 Å². The fraction of sp³-hybridized carbons (Fsp3) is 0.240. The topological polar surface area (TPSA) is 98.1 Å². The van der Waals surface area contributed by atoms with Crippen LogP contribution >= 0.6 is 0 Å². The molecule has 0 saturated carbocycles. The number of alkyl halides is 3. The van der Waals surface area contributed by atoms with Gasteiger partial charge >= 0.3 is 18.1 Å². The molecule has 1 heterocycles. The number of hydrogen-bond donors (Lipinski definition) is 2. The van der Waals surface area contributed by atoms with Crippen LogP contribution in [0.4, 0.5) is 13.2 Å². The van der Waals surface area contributed by atoms with Crippen LogP contribution in [0, 0.1) is 0 Å². The van der Waals surface area contributed by atoms with E-state index in [0.29, 0.717) is 31.7 Å². The summed E-state index contributed by atoms with van der Waals surface area (Å²) >= 11 is 0. The molecule has 10 heteroatoms. The molecule has 0 spiro atoms. The van der Waals surface area contributed by atoms with Gasteiger partial charge in [0.15, 0.2) is 0 Å². The molecule has 35 heavy (non-hydrogen) atoms. The number of benzene rings is 3. The quantitative estimate of drug-likeness (QED) is 0.542. The van der Waals surface area contributed by atoms with Gasteiger partial charge < -0.3 is 15.1 Å². The van der Waals surface area contributed by atoms with Crippen molar-refractivity contribution in [3.05, 3.63) is 83.4 Å². The third-order valence-corrected chi connectivity index (χ3v) is 5.58. The molecule has 4 rings (SSSR count). The third kappa shape index (κ3) is 6.57. The lowest BCUT2D eigenvalue weighted by Crippen LogP contribution is -2.48. The first kappa shape index (κ1) is 25.7. The second-order valence-electron chi connectivity index (χ2n) is 7.86. The van der Waals surface area contributed by atoms with E-state index in [1.54, 1.807) is 11.0 Å². The number of rotatable bonds is 3. The van der Waals surface area contributed by atoms with Crippen molar-refractivity contribution >= 4 is 28.6 Å². The number of halogens is 3. The minimum atomic E-state index is -4.36. The van der Waals surface area contributed by atoms with Crippen molar-refractivity contribution < 1.29 is 37.8 Å². The Morgan fingerprint density at radius 2 is 1.34 bits per heavy atom. The van der Waals surface area contributed by atoms with Gasteiger partial charge in [0, 0.05) is 38.3 Å². The number of carboxylic acids is 2. The number of carbonyl (C=O) groups is 3.